The lowest BCUT2D eigenvalue weighted by Gasteiger charge is -2.27. The maximum atomic E-state index is 6.67. The fourth-order valence-corrected chi connectivity index (χ4v) is 9.15. The van der Waals surface area contributed by atoms with Gasteiger partial charge < -0.3 is 9.32 Å². The minimum atomic E-state index is 0.845. The number of nitrogens with zero attached hydrogens (tertiary/aromatic N) is 2. The van der Waals surface area contributed by atoms with E-state index in [0.29, 0.717) is 0 Å². The zero-order valence-corrected chi connectivity index (χ0v) is 30.5. The first-order valence-corrected chi connectivity index (χ1v) is 19.3. The van der Waals surface area contributed by atoms with E-state index in [4.69, 9.17) is 9.40 Å². The Hall–Kier alpha value is -7.01. The lowest BCUT2D eigenvalue weighted by molar-refractivity contribution is 0.669. The lowest BCUT2D eigenvalue weighted by Crippen LogP contribution is -2.10. The molecule has 0 fully saturated rings. The average molecular weight is 721 g/mol. The van der Waals surface area contributed by atoms with E-state index < -0.39 is 0 Å². The van der Waals surface area contributed by atoms with Crippen LogP contribution in [0.2, 0.25) is 0 Å². The van der Waals surface area contributed by atoms with Crippen LogP contribution in [0.1, 0.15) is 0 Å². The maximum Gasteiger partial charge on any atom is 0.137 e. The number of benzene rings is 9. The number of thiazole rings is 1. The van der Waals surface area contributed by atoms with Crippen LogP contribution in [0.3, 0.4) is 0 Å². The van der Waals surface area contributed by atoms with Crippen molar-refractivity contribution >= 4 is 82.1 Å². The Morgan fingerprint density at radius 1 is 0.436 bits per heavy atom. The van der Waals surface area contributed by atoms with Crippen LogP contribution in [-0.4, -0.2) is 4.98 Å². The minimum Gasteiger partial charge on any atom is -0.456 e. The average Bonchev–Trinajstić information content (AvgIpc) is 3.86. The second kappa shape index (κ2) is 12.8. The fraction of sp³-hybridized carbons (Fsp3) is 0. The molecule has 0 atom stereocenters. The molecule has 0 bridgehead atoms. The molecule has 9 aromatic carbocycles. The number of aromatic nitrogens is 1. The molecule has 0 amide bonds. The molecule has 11 rings (SSSR count). The maximum absolute atomic E-state index is 6.67. The molecule has 0 N–H and O–H groups in total. The van der Waals surface area contributed by atoms with Crippen LogP contribution in [0.5, 0.6) is 0 Å². The summed E-state index contributed by atoms with van der Waals surface area (Å²) in [5.41, 5.74) is 11.8. The lowest BCUT2D eigenvalue weighted by atomic mass is 9.94. The normalized spacial score (nSPS) is 11.6. The molecule has 4 heteroatoms. The summed E-state index contributed by atoms with van der Waals surface area (Å²) in [4.78, 5) is 7.38. The molecule has 55 heavy (non-hydrogen) atoms. The van der Waals surface area contributed by atoms with Crippen molar-refractivity contribution in [1.82, 2.24) is 4.98 Å². The van der Waals surface area contributed by atoms with Gasteiger partial charge in [-0.2, -0.15) is 0 Å². The molecule has 0 spiro atoms. The van der Waals surface area contributed by atoms with E-state index in [1.807, 2.05) is 6.07 Å². The summed E-state index contributed by atoms with van der Waals surface area (Å²) in [7, 11) is 0. The van der Waals surface area contributed by atoms with Gasteiger partial charge in [0, 0.05) is 39.2 Å². The monoisotopic (exact) mass is 720 g/mol. The Kier molecular flexibility index (Phi) is 7.35. The van der Waals surface area contributed by atoms with Gasteiger partial charge in [-0.25, -0.2) is 4.98 Å². The van der Waals surface area contributed by atoms with E-state index in [2.05, 4.69) is 193 Å². The topological polar surface area (TPSA) is 29.3 Å². The summed E-state index contributed by atoms with van der Waals surface area (Å²) in [6.07, 6.45) is 0. The molecule has 0 aliphatic carbocycles. The van der Waals surface area contributed by atoms with Gasteiger partial charge >= 0.3 is 0 Å². The van der Waals surface area contributed by atoms with Crippen LogP contribution in [0.15, 0.2) is 199 Å². The SMILES string of the molecule is c1ccc(-c2ccc(N(c3ccc4c(c3)oc3ccc5nc(-c6ccccc6)sc5c34)c3ccc(-c4ccc5ccccc5c4)c4ccccc34)cc2)cc1. The summed E-state index contributed by atoms with van der Waals surface area (Å²) in [6, 6.07) is 69.2. The van der Waals surface area contributed by atoms with E-state index in [-0.39, 0.29) is 0 Å². The van der Waals surface area contributed by atoms with E-state index in [9.17, 15) is 0 Å². The standard InChI is InChI=1S/C51H32N2OS/c1-3-11-33(12-4-1)35-21-23-39(24-22-35)53(46-29-27-41(42-17-9-10-18-43(42)46)38-20-19-34-13-7-8-16-37(34)31-38)40-25-26-44-48(32-40)54-47-30-28-45-50(49(44)47)55-51(52-45)36-14-5-2-6-15-36/h1-32H. The van der Waals surface area contributed by atoms with Crippen molar-refractivity contribution < 1.29 is 4.42 Å². The third-order valence-electron chi connectivity index (χ3n) is 10.7. The molecule has 11 aromatic rings. The van der Waals surface area contributed by atoms with Gasteiger partial charge in [0.15, 0.2) is 0 Å². The molecule has 0 saturated carbocycles. The van der Waals surface area contributed by atoms with Crippen molar-refractivity contribution in [2.75, 3.05) is 4.90 Å². The van der Waals surface area contributed by atoms with Gasteiger partial charge in [0.2, 0.25) is 0 Å². The summed E-state index contributed by atoms with van der Waals surface area (Å²) >= 11 is 1.72. The van der Waals surface area contributed by atoms with Crippen LogP contribution < -0.4 is 4.90 Å². The van der Waals surface area contributed by atoms with Gasteiger partial charge in [-0.1, -0.05) is 140 Å². The number of furan rings is 1. The molecule has 2 heterocycles. The zero-order chi connectivity index (χ0) is 36.3. The Bertz CT molecular complexity index is 3200. The first-order chi connectivity index (χ1) is 27.2. The number of hydrogen-bond donors (Lipinski definition) is 0. The van der Waals surface area contributed by atoms with Gasteiger partial charge in [0.25, 0.3) is 0 Å². The van der Waals surface area contributed by atoms with Crippen molar-refractivity contribution in [1.29, 1.82) is 0 Å². The fourth-order valence-electron chi connectivity index (χ4n) is 8.03. The van der Waals surface area contributed by atoms with Crippen molar-refractivity contribution in [2.24, 2.45) is 0 Å². The summed E-state index contributed by atoms with van der Waals surface area (Å²) in [5, 5.41) is 8.06. The highest BCUT2D eigenvalue weighted by Crippen LogP contribution is 2.45. The molecule has 0 aliphatic rings. The molecular weight excluding hydrogens is 689 g/mol. The zero-order valence-electron chi connectivity index (χ0n) is 29.7. The van der Waals surface area contributed by atoms with Gasteiger partial charge in [-0.05, 0) is 86.9 Å². The molecule has 0 saturated heterocycles. The first kappa shape index (κ1) is 31.5. The predicted molar refractivity (Wildman–Crippen MR) is 233 cm³/mol. The van der Waals surface area contributed by atoms with Gasteiger partial charge in [-0.3, -0.25) is 0 Å². The second-order valence-electron chi connectivity index (χ2n) is 13.9. The minimum absolute atomic E-state index is 0.845. The van der Waals surface area contributed by atoms with E-state index >= 15 is 0 Å². The van der Waals surface area contributed by atoms with Gasteiger partial charge in [0.1, 0.15) is 16.2 Å². The van der Waals surface area contributed by atoms with Gasteiger partial charge in [0.05, 0.1) is 15.9 Å². The quantitative estimate of drug-likeness (QED) is 0.171. The Balaban J connectivity index is 1.09. The highest BCUT2D eigenvalue weighted by molar-refractivity contribution is 7.22. The predicted octanol–water partition coefficient (Wildman–Crippen LogP) is 15.0. The molecule has 0 radical (unpaired) electrons. The first-order valence-electron chi connectivity index (χ1n) is 18.5. The van der Waals surface area contributed by atoms with Gasteiger partial charge in [-0.15, -0.1) is 11.3 Å². The third-order valence-corrected chi connectivity index (χ3v) is 11.8. The Morgan fingerprint density at radius 2 is 1.11 bits per heavy atom. The van der Waals surface area contributed by atoms with Crippen LogP contribution in [0.4, 0.5) is 17.1 Å². The highest BCUT2D eigenvalue weighted by Gasteiger charge is 2.21. The van der Waals surface area contributed by atoms with E-state index in [0.717, 1.165) is 59.8 Å². The summed E-state index contributed by atoms with van der Waals surface area (Å²) in [6.45, 7) is 0. The van der Waals surface area contributed by atoms with Crippen LogP contribution in [-0.2, 0) is 0 Å². The van der Waals surface area contributed by atoms with Crippen molar-refractivity contribution in [3.05, 3.63) is 194 Å². The highest BCUT2D eigenvalue weighted by atomic mass is 32.1. The summed E-state index contributed by atoms with van der Waals surface area (Å²) in [5.74, 6) is 0. The van der Waals surface area contributed by atoms with Crippen molar-refractivity contribution in [2.45, 2.75) is 0 Å². The smallest absolute Gasteiger partial charge is 0.137 e. The molecule has 0 unspecified atom stereocenters. The third kappa shape index (κ3) is 5.38. The van der Waals surface area contributed by atoms with Crippen LogP contribution in [0.25, 0.3) is 86.5 Å². The Labute approximate surface area is 322 Å². The number of rotatable bonds is 6. The molecule has 0 aliphatic heterocycles. The van der Waals surface area contributed by atoms with Crippen LogP contribution in [0, 0.1) is 0 Å². The van der Waals surface area contributed by atoms with Crippen LogP contribution >= 0.6 is 11.3 Å². The Morgan fingerprint density at radius 3 is 1.93 bits per heavy atom. The molecule has 258 valence electrons. The van der Waals surface area contributed by atoms with E-state index in [1.54, 1.807) is 11.3 Å². The number of hydrogen-bond acceptors (Lipinski definition) is 4. The van der Waals surface area contributed by atoms with Crippen molar-refractivity contribution in [3.8, 4) is 32.8 Å². The second-order valence-corrected chi connectivity index (χ2v) is 14.9. The molecule has 3 nitrogen and oxygen atoms in total. The van der Waals surface area contributed by atoms with Crippen molar-refractivity contribution in [3.63, 3.8) is 0 Å². The van der Waals surface area contributed by atoms with E-state index in [1.165, 1.54) is 43.8 Å². The number of anilines is 3. The summed E-state index contributed by atoms with van der Waals surface area (Å²) < 4.78 is 7.81. The molecule has 2 aromatic heterocycles. The largest absolute Gasteiger partial charge is 0.456 e. The number of fused-ring (bicyclic) bond motifs is 7. The molecular formula is C51H32N2OS.